The first-order valence-corrected chi connectivity index (χ1v) is 6.33. The van der Waals surface area contributed by atoms with Crippen molar-refractivity contribution >= 4 is 24.2 Å². The SMILES string of the molecule is Cc1cc(B2OC(C)(C)C(C)(C)O2)c(Cl)cc1F. The third-order valence-corrected chi connectivity index (χ3v) is 4.11. The number of aryl methyl sites for hydroxylation is 1. The van der Waals surface area contributed by atoms with E-state index in [4.69, 9.17) is 20.9 Å². The predicted molar refractivity (Wildman–Crippen MR) is 71.9 cm³/mol. The van der Waals surface area contributed by atoms with E-state index >= 15 is 0 Å². The Balaban J connectivity index is 2.38. The summed E-state index contributed by atoms with van der Waals surface area (Å²) in [4.78, 5) is 0. The highest BCUT2D eigenvalue weighted by Gasteiger charge is 2.52. The van der Waals surface area contributed by atoms with Gasteiger partial charge in [-0.05, 0) is 46.2 Å². The van der Waals surface area contributed by atoms with E-state index in [0.717, 1.165) is 0 Å². The minimum absolute atomic E-state index is 0.319. The first-order chi connectivity index (χ1) is 8.14. The highest BCUT2D eigenvalue weighted by molar-refractivity contribution is 6.65. The molecule has 0 radical (unpaired) electrons. The Hall–Kier alpha value is -0.575. The van der Waals surface area contributed by atoms with Gasteiger partial charge in [-0.15, -0.1) is 0 Å². The molecule has 0 unspecified atom stereocenters. The topological polar surface area (TPSA) is 18.5 Å². The molecule has 1 aromatic rings. The van der Waals surface area contributed by atoms with E-state index in [9.17, 15) is 4.39 Å². The van der Waals surface area contributed by atoms with Gasteiger partial charge < -0.3 is 9.31 Å². The molecule has 1 aliphatic rings. The molecule has 2 rings (SSSR count). The highest BCUT2D eigenvalue weighted by Crippen LogP contribution is 2.37. The van der Waals surface area contributed by atoms with Crippen LogP contribution in [0.25, 0.3) is 0 Å². The van der Waals surface area contributed by atoms with Gasteiger partial charge in [0.15, 0.2) is 0 Å². The van der Waals surface area contributed by atoms with Gasteiger partial charge in [-0.2, -0.15) is 0 Å². The Labute approximate surface area is 113 Å². The molecule has 0 spiro atoms. The highest BCUT2D eigenvalue weighted by atomic mass is 35.5. The molecule has 1 heterocycles. The molecule has 98 valence electrons. The van der Waals surface area contributed by atoms with Crippen molar-refractivity contribution < 1.29 is 13.7 Å². The van der Waals surface area contributed by atoms with Crippen LogP contribution in [0.2, 0.25) is 5.02 Å². The zero-order valence-corrected chi connectivity index (χ0v) is 12.1. The maximum absolute atomic E-state index is 13.4. The van der Waals surface area contributed by atoms with Crippen molar-refractivity contribution in [2.75, 3.05) is 0 Å². The largest absolute Gasteiger partial charge is 0.496 e. The third kappa shape index (κ3) is 2.17. The molecule has 0 atom stereocenters. The fraction of sp³-hybridized carbons (Fsp3) is 0.538. The molecule has 0 aliphatic carbocycles. The molecule has 1 aliphatic heterocycles. The Morgan fingerprint density at radius 2 is 1.61 bits per heavy atom. The van der Waals surface area contributed by atoms with Gasteiger partial charge in [0.1, 0.15) is 5.82 Å². The molecule has 2 nitrogen and oxygen atoms in total. The maximum atomic E-state index is 13.4. The van der Waals surface area contributed by atoms with E-state index in [1.807, 2.05) is 27.7 Å². The summed E-state index contributed by atoms with van der Waals surface area (Å²) in [6, 6.07) is 2.98. The van der Waals surface area contributed by atoms with E-state index in [1.54, 1.807) is 13.0 Å². The fourth-order valence-electron chi connectivity index (χ4n) is 1.83. The van der Waals surface area contributed by atoms with Crippen LogP contribution in [0.3, 0.4) is 0 Å². The summed E-state index contributed by atoms with van der Waals surface area (Å²) >= 11 is 6.07. The summed E-state index contributed by atoms with van der Waals surface area (Å²) in [6.45, 7) is 9.57. The summed E-state index contributed by atoms with van der Waals surface area (Å²) in [5.74, 6) is -0.319. The molecule has 0 saturated carbocycles. The normalized spacial score (nSPS) is 21.4. The van der Waals surface area contributed by atoms with E-state index in [0.29, 0.717) is 16.0 Å². The first-order valence-electron chi connectivity index (χ1n) is 5.95. The second-order valence-electron chi connectivity index (χ2n) is 5.71. The van der Waals surface area contributed by atoms with Crippen LogP contribution in [0.4, 0.5) is 4.39 Å². The van der Waals surface area contributed by atoms with Crippen LogP contribution in [-0.2, 0) is 9.31 Å². The van der Waals surface area contributed by atoms with Crippen LogP contribution >= 0.6 is 11.6 Å². The monoisotopic (exact) mass is 270 g/mol. The third-order valence-electron chi connectivity index (χ3n) is 3.79. The molecule has 1 fully saturated rings. The average Bonchev–Trinajstić information content (AvgIpc) is 2.42. The van der Waals surface area contributed by atoms with Gasteiger partial charge in [-0.3, -0.25) is 0 Å². The standard InChI is InChI=1S/C13H17BClFO2/c1-8-6-9(10(15)7-11(8)16)14-17-12(2,3)13(4,5)18-14/h6-7H,1-5H3. The predicted octanol–water partition coefficient (Wildman–Crippen LogP) is 3.09. The number of halogens is 2. The van der Waals surface area contributed by atoms with Gasteiger partial charge in [0.25, 0.3) is 0 Å². The molecule has 0 N–H and O–H groups in total. The van der Waals surface area contributed by atoms with E-state index < -0.39 is 18.3 Å². The lowest BCUT2D eigenvalue weighted by Gasteiger charge is -2.32. The lowest BCUT2D eigenvalue weighted by Crippen LogP contribution is -2.41. The lowest BCUT2D eigenvalue weighted by atomic mass is 9.78. The molecule has 0 amide bonds. The molecule has 1 aromatic carbocycles. The number of hydrogen-bond donors (Lipinski definition) is 0. The fourth-order valence-corrected chi connectivity index (χ4v) is 2.07. The smallest absolute Gasteiger partial charge is 0.399 e. The van der Waals surface area contributed by atoms with Crippen LogP contribution < -0.4 is 5.46 Å². The van der Waals surface area contributed by atoms with Crippen LogP contribution in [0.5, 0.6) is 0 Å². The molecular weight excluding hydrogens is 253 g/mol. The second kappa shape index (κ2) is 4.22. The Morgan fingerprint density at radius 1 is 1.11 bits per heavy atom. The second-order valence-corrected chi connectivity index (χ2v) is 6.12. The van der Waals surface area contributed by atoms with Crippen molar-refractivity contribution in [2.45, 2.75) is 45.8 Å². The molecule has 0 bridgehead atoms. The summed E-state index contributed by atoms with van der Waals surface area (Å²) in [5.41, 5.74) is 0.352. The van der Waals surface area contributed by atoms with Crippen LogP contribution in [0.1, 0.15) is 33.3 Å². The van der Waals surface area contributed by atoms with Crippen molar-refractivity contribution in [3.8, 4) is 0 Å². The van der Waals surface area contributed by atoms with Crippen LogP contribution in [-0.4, -0.2) is 18.3 Å². The van der Waals surface area contributed by atoms with Crippen LogP contribution in [0, 0.1) is 12.7 Å². The Kier molecular flexibility index (Phi) is 3.25. The quantitative estimate of drug-likeness (QED) is 0.730. The van der Waals surface area contributed by atoms with Crippen LogP contribution in [0.15, 0.2) is 12.1 Å². The van der Waals surface area contributed by atoms with Gasteiger partial charge in [-0.1, -0.05) is 17.7 Å². The van der Waals surface area contributed by atoms with Crippen molar-refractivity contribution in [2.24, 2.45) is 0 Å². The minimum atomic E-state index is -0.554. The molecule has 18 heavy (non-hydrogen) atoms. The van der Waals surface area contributed by atoms with Gasteiger partial charge in [0.05, 0.1) is 11.2 Å². The number of rotatable bonds is 1. The average molecular weight is 271 g/mol. The maximum Gasteiger partial charge on any atom is 0.496 e. The van der Waals surface area contributed by atoms with Gasteiger partial charge in [0, 0.05) is 10.5 Å². The Morgan fingerprint density at radius 3 is 2.11 bits per heavy atom. The molecule has 0 aromatic heterocycles. The number of benzene rings is 1. The molecule has 1 saturated heterocycles. The first kappa shape index (κ1) is 13.8. The summed E-state index contributed by atoms with van der Waals surface area (Å²) in [5, 5.41) is 0.330. The number of hydrogen-bond acceptors (Lipinski definition) is 2. The zero-order chi connectivity index (χ0) is 13.7. The van der Waals surface area contributed by atoms with Gasteiger partial charge in [0.2, 0.25) is 0 Å². The minimum Gasteiger partial charge on any atom is -0.399 e. The van der Waals surface area contributed by atoms with E-state index in [-0.39, 0.29) is 5.82 Å². The van der Waals surface area contributed by atoms with Gasteiger partial charge in [-0.25, -0.2) is 4.39 Å². The lowest BCUT2D eigenvalue weighted by molar-refractivity contribution is 0.00578. The van der Waals surface area contributed by atoms with Crippen molar-refractivity contribution in [3.05, 3.63) is 28.5 Å². The van der Waals surface area contributed by atoms with Crippen molar-refractivity contribution in [1.29, 1.82) is 0 Å². The van der Waals surface area contributed by atoms with E-state index in [2.05, 4.69) is 0 Å². The Bertz CT molecular complexity index is 472. The molecular formula is C13H17BClFO2. The van der Waals surface area contributed by atoms with Crippen molar-refractivity contribution in [3.63, 3.8) is 0 Å². The zero-order valence-electron chi connectivity index (χ0n) is 11.3. The van der Waals surface area contributed by atoms with Gasteiger partial charge >= 0.3 is 7.12 Å². The summed E-state index contributed by atoms with van der Waals surface area (Å²) in [7, 11) is -0.554. The van der Waals surface area contributed by atoms with E-state index in [1.165, 1.54) is 6.07 Å². The summed E-state index contributed by atoms with van der Waals surface area (Å²) in [6.07, 6.45) is 0. The molecule has 5 heteroatoms. The summed E-state index contributed by atoms with van der Waals surface area (Å²) < 4.78 is 25.2. The van der Waals surface area contributed by atoms with Crippen molar-refractivity contribution in [1.82, 2.24) is 0 Å².